The fourth-order valence-corrected chi connectivity index (χ4v) is 2.14. The van der Waals surface area contributed by atoms with Gasteiger partial charge in [-0.1, -0.05) is 23.7 Å². The van der Waals surface area contributed by atoms with Gasteiger partial charge >= 0.3 is 0 Å². The molecule has 1 amide bonds. The van der Waals surface area contributed by atoms with E-state index in [0.29, 0.717) is 18.1 Å². The Morgan fingerprint density at radius 1 is 1.33 bits per heavy atom. The number of rotatable bonds is 5. The lowest BCUT2D eigenvalue weighted by molar-refractivity contribution is -0.123. The highest BCUT2D eigenvalue weighted by Gasteiger charge is 2.50. The Morgan fingerprint density at radius 3 is 2.44 bits per heavy atom. The Labute approximate surface area is 118 Å². The first-order valence-electron chi connectivity index (χ1n) is 5.93. The summed E-state index contributed by atoms with van der Waals surface area (Å²) < 4.78 is 0. The Kier molecular flexibility index (Phi) is 5.45. The van der Waals surface area contributed by atoms with Crippen molar-refractivity contribution in [2.45, 2.75) is 24.7 Å². The Morgan fingerprint density at radius 2 is 1.94 bits per heavy atom. The number of benzene rings is 1. The van der Waals surface area contributed by atoms with Crippen LogP contribution >= 0.6 is 24.0 Å². The number of hydrogen-bond donors (Lipinski definition) is 2. The van der Waals surface area contributed by atoms with Gasteiger partial charge in [0.1, 0.15) is 0 Å². The molecule has 0 atom stereocenters. The minimum Gasteiger partial charge on any atom is -0.355 e. The third-order valence-electron chi connectivity index (χ3n) is 3.25. The molecule has 0 saturated heterocycles. The normalized spacial score (nSPS) is 15.7. The summed E-state index contributed by atoms with van der Waals surface area (Å²) in [6, 6.07) is 7.56. The maximum Gasteiger partial charge on any atom is 0.230 e. The van der Waals surface area contributed by atoms with Gasteiger partial charge < -0.3 is 11.1 Å². The van der Waals surface area contributed by atoms with Gasteiger partial charge in [0, 0.05) is 11.6 Å². The second kappa shape index (κ2) is 6.41. The quantitative estimate of drug-likeness (QED) is 0.817. The van der Waals surface area contributed by atoms with E-state index in [0.717, 1.165) is 24.8 Å². The molecule has 100 valence electrons. The SMILES string of the molecule is Cl.NCCCNC(=O)C1(c2ccc(Cl)cc2)CC1. The molecule has 0 unspecified atom stereocenters. The van der Waals surface area contributed by atoms with Crippen molar-refractivity contribution in [3.63, 3.8) is 0 Å². The summed E-state index contributed by atoms with van der Waals surface area (Å²) in [5, 5.41) is 3.65. The van der Waals surface area contributed by atoms with Gasteiger partial charge in [-0.25, -0.2) is 0 Å². The molecule has 0 aliphatic heterocycles. The molecule has 0 spiro atoms. The van der Waals surface area contributed by atoms with Gasteiger partial charge in [0.2, 0.25) is 5.91 Å². The van der Waals surface area contributed by atoms with Crippen LogP contribution in [-0.2, 0) is 10.2 Å². The van der Waals surface area contributed by atoms with Crippen LogP contribution in [0.5, 0.6) is 0 Å². The van der Waals surface area contributed by atoms with Crippen LogP contribution in [0.3, 0.4) is 0 Å². The fraction of sp³-hybridized carbons (Fsp3) is 0.462. The van der Waals surface area contributed by atoms with Gasteiger partial charge in [0.05, 0.1) is 5.41 Å². The zero-order valence-electron chi connectivity index (χ0n) is 10.1. The molecule has 1 fully saturated rings. The molecule has 0 bridgehead atoms. The number of amides is 1. The minimum atomic E-state index is -0.306. The van der Waals surface area contributed by atoms with Crippen molar-refractivity contribution in [1.29, 1.82) is 0 Å². The summed E-state index contributed by atoms with van der Waals surface area (Å²) in [5.41, 5.74) is 6.16. The molecule has 0 aromatic heterocycles. The molecule has 0 radical (unpaired) electrons. The standard InChI is InChI=1S/C13H17ClN2O.ClH/c14-11-4-2-10(3-5-11)13(6-7-13)12(17)16-9-1-8-15;/h2-5H,1,6-9,15H2,(H,16,17);1H. The van der Waals surface area contributed by atoms with E-state index >= 15 is 0 Å². The molecule has 3 nitrogen and oxygen atoms in total. The van der Waals surface area contributed by atoms with Gasteiger partial charge in [0.25, 0.3) is 0 Å². The molecule has 1 saturated carbocycles. The molecule has 0 heterocycles. The van der Waals surface area contributed by atoms with Crippen molar-refractivity contribution in [2.75, 3.05) is 13.1 Å². The van der Waals surface area contributed by atoms with Crippen LogP contribution < -0.4 is 11.1 Å². The van der Waals surface area contributed by atoms with Crippen molar-refractivity contribution in [3.8, 4) is 0 Å². The van der Waals surface area contributed by atoms with Gasteiger partial charge in [-0.2, -0.15) is 0 Å². The maximum atomic E-state index is 12.1. The number of carbonyl (C=O) groups excluding carboxylic acids is 1. The van der Waals surface area contributed by atoms with Gasteiger partial charge in [-0.15, -0.1) is 12.4 Å². The van der Waals surface area contributed by atoms with Crippen molar-refractivity contribution in [1.82, 2.24) is 5.32 Å². The Bertz CT molecular complexity index is 402. The lowest BCUT2D eigenvalue weighted by Gasteiger charge is -2.15. The van der Waals surface area contributed by atoms with E-state index in [2.05, 4.69) is 5.32 Å². The van der Waals surface area contributed by atoms with Crippen molar-refractivity contribution < 1.29 is 4.79 Å². The van der Waals surface area contributed by atoms with Gasteiger partial charge in [-0.05, 0) is 43.5 Å². The smallest absolute Gasteiger partial charge is 0.230 e. The molecule has 1 aliphatic rings. The topological polar surface area (TPSA) is 55.1 Å². The Balaban J connectivity index is 0.00000162. The first-order chi connectivity index (χ1) is 8.19. The van der Waals surface area contributed by atoms with Gasteiger partial charge in [-0.3, -0.25) is 4.79 Å². The van der Waals surface area contributed by atoms with Crippen LogP contribution in [0.1, 0.15) is 24.8 Å². The fourth-order valence-electron chi connectivity index (χ4n) is 2.01. The predicted octanol–water partition coefficient (Wildman–Crippen LogP) is 2.26. The molecular weight excluding hydrogens is 271 g/mol. The number of hydrogen-bond acceptors (Lipinski definition) is 2. The van der Waals surface area contributed by atoms with Crippen LogP contribution in [-0.4, -0.2) is 19.0 Å². The average Bonchev–Trinajstić information content (AvgIpc) is 3.11. The first kappa shape index (κ1) is 15.3. The number of carbonyl (C=O) groups is 1. The van der Waals surface area contributed by atoms with E-state index in [9.17, 15) is 4.79 Å². The van der Waals surface area contributed by atoms with Crippen molar-refractivity contribution in [3.05, 3.63) is 34.9 Å². The van der Waals surface area contributed by atoms with E-state index < -0.39 is 0 Å². The first-order valence-corrected chi connectivity index (χ1v) is 6.31. The third kappa shape index (κ3) is 3.16. The number of halogens is 2. The molecule has 3 N–H and O–H groups in total. The maximum absolute atomic E-state index is 12.1. The minimum absolute atomic E-state index is 0. The second-order valence-corrected chi connectivity index (χ2v) is 4.92. The average molecular weight is 289 g/mol. The lowest BCUT2D eigenvalue weighted by atomic mass is 9.95. The summed E-state index contributed by atoms with van der Waals surface area (Å²) >= 11 is 5.85. The summed E-state index contributed by atoms with van der Waals surface area (Å²) in [6.07, 6.45) is 2.66. The highest BCUT2D eigenvalue weighted by atomic mass is 35.5. The predicted molar refractivity (Wildman–Crippen MR) is 76.3 cm³/mol. The van der Waals surface area contributed by atoms with Crippen LogP contribution in [0.4, 0.5) is 0 Å². The largest absolute Gasteiger partial charge is 0.355 e. The zero-order chi connectivity index (χ0) is 12.3. The summed E-state index contributed by atoms with van der Waals surface area (Å²) in [7, 11) is 0. The number of nitrogens with one attached hydrogen (secondary N) is 1. The Hall–Kier alpha value is -0.770. The lowest BCUT2D eigenvalue weighted by Crippen LogP contribution is -2.35. The van der Waals surface area contributed by atoms with Crippen LogP contribution in [0.15, 0.2) is 24.3 Å². The highest BCUT2D eigenvalue weighted by molar-refractivity contribution is 6.30. The van der Waals surface area contributed by atoms with E-state index in [1.165, 1.54) is 0 Å². The van der Waals surface area contributed by atoms with Crippen LogP contribution in [0, 0.1) is 0 Å². The van der Waals surface area contributed by atoms with E-state index in [-0.39, 0.29) is 23.7 Å². The number of nitrogens with two attached hydrogens (primary N) is 1. The summed E-state index contributed by atoms with van der Waals surface area (Å²) in [5.74, 6) is 0.119. The zero-order valence-corrected chi connectivity index (χ0v) is 11.7. The van der Waals surface area contributed by atoms with E-state index in [1.807, 2.05) is 24.3 Å². The molecule has 1 aromatic rings. The third-order valence-corrected chi connectivity index (χ3v) is 3.50. The van der Waals surface area contributed by atoms with E-state index in [1.54, 1.807) is 0 Å². The van der Waals surface area contributed by atoms with Gasteiger partial charge in [0.15, 0.2) is 0 Å². The van der Waals surface area contributed by atoms with Crippen molar-refractivity contribution >= 4 is 29.9 Å². The van der Waals surface area contributed by atoms with Crippen molar-refractivity contribution in [2.24, 2.45) is 5.73 Å². The molecule has 1 aliphatic carbocycles. The van der Waals surface area contributed by atoms with Crippen LogP contribution in [0.25, 0.3) is 0 Å². The van der Waals surface area contributed by atoms with Crippen LogP contribution in [0.2, 0.25) is 5.02 Å². The molecule has 18 heavy (non-hydrogen) atoms. The molecule has 1 aromatic carbocycles. The highest BCUT2D eigenvalue weighted by Crippen LogP contribution is 2.48. The summed E-state index contributed by atoms with van der Waals surface area (Å²) in [4.78, 5) is 12.1. The second-order valence-electron chi connectivity index (χ2n) is 4.49. The molecule has 5 heteroatoms. The molecule has 2 rings (SSSR count). The monoisotopic (exact) mass is 288 g/mol. The summed E-state index contributed by atoms with van der Waals surface area (Å²) in [6.45, 7) is 1.26. The van der Waals surface area contributed by atoms with E-state index in [4.69, 9.17) is 17.3 Å². The molecular formula is C13H18Cl2N2O.